The lowest BCUT2D eigenvalue weighted by atomic mass is 10.0. The number of nitrogens with one attached hydrogen (secondary N) is 2. The number of hydrogen-bond acceptors (Lipinski definition) is 6. The smallest absolute Gasteiger partial charge is 0.326 e. The van der Waals surface area contributed by atoms with E-state index in [1.807, 2.05) is 13.8 Å². The number of carboxylic acids is 2. The Balaban J connectivity index is 2.90. The number of likely N-dealkylation sites (tertiary alicyclic amines) is 1. The van der Waals surface area contributed by atoms with Crippen LogP contribution in [0.5, 0.6) is 0 Å². The Hall–Kier alpha value is -2.69. The molecule has 0 aromatic rings. The molecule has 30 heavy (non-hydrogen) atoms. The van der Waals surface area contributed by atoms with E-state index in [4.69, 9.17) is 15.9 Å². The highest BCUT2D eigenvalue weighted by molar-refractivity contribution is 5.95. The van der Waals surface area contributed by atoms with E-state index in [1.54, 1.807) is 13.8 Å². The van der Waals surface area contributed by atoms with Crippen LogP contribution in [0.2, 0.25) is 0 Å². The monoisotopic (exact) mass is 428 g/mol. The van der Waals surface area contributed by atoms with E-state index in [9.17, 15) is 24.0 Å². The van der Waals surface area contributed by atoms with Gasteiger partial charge in [0.2, 0.25) is 17.7 Å². The standard InChI is InChI=1S/C19H32N4O7/c1-9(2)14(20)18(28)23-7-5-6-12(23)16(26)22-15(10(3)4)17(27)21-11(19(29)30)8-13(24)25/h9-12,14-15H,5-8,20H2,1-4H3,(H,21,27)(H,22,26)(H,24,25)(H,29,30). The summed E-state index contributed by atoms with van der Waals surface area (Å²) < 4.78 is 0. The molecular weight excluding hydrogens is 396 g/mol. The minimum atomic E-state index is -1.62. The zero-order chi connectivity index (χ0) is 23.2. The van der Waals surface area contributed by atoms with E-state index in [2.05, 4.69) is 10.6 Å². The number of nitrogens with two attached hydrogens (primary N) is 1. The molecule has 1 rings (SSSR count). The van der Waals surface area contributed by atoms with Crippen molar-refractivity contribution >= 4 is 29.7 Å². The molecule has 4 unspecified atom stereocenters. The first kappa shape index (κ1) is 25.3. The SMILES string of the molecule is CC(C)C(N)C(=O)N1CCCC1C(=O)NC(C(=O)NC(CC(=O)O)C(=O)O)C(C)C. The Morgan fingerprint density at radius 2 is 1.63 bits per heavy atom. The highest BCUT2D eigenvalue weighted by atomic mass is 16.4. The summed E-state index contributed by atoms with van der Waals surface area (Å²) in [5.74, 6) is -5.04. The number of carbonyl (C=O) groups is 5. The maximum absolute atomic E-state index is 12.8. The Bertz CT molecular complexity index is 680. The van der Waals surface area contributed by atoms with Crippen LogP contribution in [0.4, 0.5) is 0 Å². The van der Waals surface area contributed by atoms with E-state index in [0.717, 1.165) is 0 Å². The number of rotatable bonds is 10. The minimum absolute atomic E-state index is 0.0989. The molecule has 1 heterocycles. The maximum Gasteiger partial charge on any atom is 0.326 e. The molecule has 1 saturated heterocycles. The second kappa shape index (κ2) is 10.9. The first-order valence-corrected chi connectivity index (χ1v) is 9.98. The Morgan fingerprint density at radius 3 is 2.10 bits per heavy atom. The first-order chi connectivity index (χ1) is 13.9. The van der Waals surface area contributed by atoms with Gasteiger partial charge in [-0.2, -0.15) is 0 Å². The van der Waals surface area contributed by atoms with Crippen molar-refractivity contribution in [1.29, 1.82) is 0 Å². The Kier molecular flexibility index (Phi) is 9.22. The van der Waals surface area contributed by atoms with E-state index in [1.165, 1.54) is 4.90 Å². The van der Waals surface area contributed by atoms with Crippen molar-refractivity contribution < 1.29 is 34.2 Å². The number of carboxylic acid groups (broad SMARTS) is 2. The third-order valence-corrected chi connectivity index (χ3v) is 5.08. The summed E-state index contributed by atoms with van der Waals surface area (Å²) in [5.41, 5.74) is 5.93. The Labute approximate surface area is 175 Å². The molecule has 0 radical (unpaired) electrons. The summed E-state index contributed by atoms with van der Waals surface area (Å²) in [7, 11) is 0. The molecule has 0 spiro atoms. The summed E-state index contributed by atoms with van der Waals surface area (Å²) in [5, 5.41) is 22.7. The lowest BCUT2D eigenvalue weighted by Gasteiger charge is -2.30. The quantitative estimate of drug-likeness (QED) is 0.298. The summed E-state index contributed by atoms with van der Waals surface area (Å²) in [6.07, 6.45) is 0.246. The van der Waals surface area contributed by atoms with Crippen molar-refractivity contribution in [2.75, 3.05) is 6.54 Å². The van der Waals surface area contributed by atoms with Crippen molar-refractivity contribution in [1.82, 2.24) is 15.5 Å². The van der Waals surface area contributed by atoms with Crippen LogP contribution in [0.15, 0.2) is 0 Å². The number of carbonyl (C=O) groups excluding carboxylic acids is 3. The van der Waals surface area contributed by atoms with Gasteiger partial charge in [-0.05, 0) is 24.7 Å². The highest BCUT2D eigenvalue weighted by Crippen LogP contribution is 2.20. The minimum Gasteiger partial charge on any atom is -0.481 e. The second-order valence-electron chi connectivity index (χ2n) is 8.19. The molecule has 0 saturated carbocycles. The molecule has 0 aliphatic carbocycles. The second-order valence-corrected chi connectivity index (χ2v) is 8.19. The first-order valence-electron chi connectivity index (χ1n) is 9.98. The number of nitrogens with zero attached hydrogens (tertiary/aromatic N) is 1. The van der Waals surface area contributed by atoms with Gasteiger partial charge < -0.3 is 31.5 Å². The predicted octanol–water partition coefficient (Wildman–Crippen LogP) is -0.854. The molecule has 1 aliphatic heterocycles. The topological polar surface area (TPSA) is 179 Å². The molecule has 1 aliphatic rings. The normalized spacial score (nSPS) is 19.3. The Morgan fingerprint density at radius 1 is 1.03 bits per heavy atom. The molecule has 6 N–H and O–H groups in total. The van der Waals surface area contributed by atoms with Crippen molar-refractivity contribution in [2.45, 2.75) is 71.1 Å². The number of hydrogen-bond donors (Lipinski definition) is 5. The van der Waals surface area contributed by atoms with Crippen LogP contribution in [-0.4, -0.2) is 75.5 Å². The molecular formula is C19H32N4O7. The molecule has 1 fully saturated rings. The average Bonchev–Trinajstić information content (AvgIpc) is 3.12. The van der Waals surface area contributed by atoms with Crippen LogP contribution in [0, 0.1) is 11.8 Å². The van der Waals surface area contributed by atoms with Gasteiger partial charge in [0, 0.05) is 6.54 Å². The fraction of sp³-hybridized carbons (Fsp3) is 0.737. The highest BCUT2D eigenvalue weighted by Gasteiger charge is 2.39. The lowest BCUT2D eigenvalue weighted by molar-refractivity contribution is -0.147. The molecule has 0 aromatic carbocycles. The van der Waals surface area contributed by atoms with Crippen LogP contribution >= 0.6 is 0 Å². The summed E-state index contributed by atoms with van der Waals surface area (Å²) in [4.78, 5) is 61.4. The fourth-order valence-corrected chi connectivity index (χ4v) is 3.20. The molecule has 170 valence electrons. The molecule has 11 nitrogen and oxygen atoms in total. The van der Waals surface area contributed by atoms with Crippen molar-refractivity contribution in [3.63, 3.8) is 0 Å². The molecule has 3 amide bonds. The van der Waals surface area contributed by atoms with Gasteiger partial charge in [0.05, 0.1) is 12.5 Å². The van der Waals surface area contributed by atoms with E-state index in [-0.39, 0.29) is 11.8 Å². The number of aliphatic carboxylic acids is 2. The van der Waals surface area contributed by atoms with Gasteiger partial charge in [-0.25, -0.2) is 4.79 Å². The van der Waals surface area contributed by atoms with Crippen LogP contribution < -0.4 is 16.4 Å². The van der Waals surface area contributed by atoms with Gasteiger partial charge in [0.25, 0.3) is 0 Å². The van der Waals surface area contributed by atoms with Gasteiger partial charge >= 0.3 is 11.9 Å². The third kappa shape index (κ3) is 6.68. The van der Waals surface area contributed by atoms with E-state index >= 15 is 0 Å². The van der Waals surface area contributed by atoms with Crippen LogP contribution in [0.1, 0.15) is 47.0 Å². The van der Waals surface area contributed by atoms with E-state index in [0.29, 0.717) is 19.4 Å². The zero-order valence-electron chi connectivity index (χ0n) is 17.8. The van der Waals surface area contributed by atoms with Crippen LogP contribution in [0.25, 0.3) is 0 Å². The van der Waals surface area contributed by atoms with E-state index < -0.39 is 60.3 Å². The van der Waals surface area contributed by atoms with Gasteiger partial charge in [-0.15, -0.1) is 0 Å². The van der Waals surface area contributed by atoms with Crippen LogP contribution in [-0.2, 0) is 24.0 Å². The van der Waals surface area contributed by atoms with Gasteiger partial charge in [-0.3, -0.25) is 19.2 Å². The largest absolute Gasteiger partial charge is 0.481 e. The van der Waals surface area contributed by atoms with Gasteiger partial charge in [0.1, 0.15) is 18.1 Å². The van der Waals surface area contributed by atoms with Crippen molar-refractivity contribution in [2.24, 2.45) is 17.6 Å². The maximum atomic E-state index is 12.8. The summed E-state index contributed by atoms with van der Waals surface area (Å²) in [6, 6.07) is -4.23. The number of amides is 3. The molecule has 11 heteroatoms. The molecule has 0 bridgehead atoms. The van der Waals surface area contributed by atoms with Crippen LogP contribution in [0.3, 0.4) is 0 Å². The molecule has 4 atom stereocenters. The summed E-state index contributed by atoms with van der Waals surface area (Å²) in [6.45, 7) is 7.31. The lowest BCUT2D eigenvalue weighted by Crippen LogP contribution is -2.58. The average molecular weight is 428 g/mol. The van der Waals surface area contributed by atoms with Gasteiger partial charge in [0.15, 0.2) is 0 Å². The fourth-order valence-electron chi connectivity index (χ4n) is 3.20. The predicted molar refractivity (Wildman–Crippen MR) is 106 cm³/mol. The van der Waals surface area contributed by atoms with Crippen molar-refractivity contribution in [3.05, 3.63) is 0 Å². The molecule has 0 aromatic heterocycles. The zero-order valence-corrected chi connectivity index (χ0v) is 17.8. The van der Waals surface area contributed by atoms with Gasteiger partial charge in [-0.1, -0.05) is 27.7 Å². The van der Waals surface area contributed by atoms with Crippen molar-refractivity contribution in [3.8, 4) is 0 Å². The summed E-state index contributed by atoms with van der Waals surface area (Å²) >= 11 is 0. The third-order valence-electron chi connectivity index (χ3n) is 5.08.